The van der Waals surface area contributed by atoms with Crippen LogP contribution in [0.3, 0.4) is 0 Å². The summed E-state index contributed by atoms with van der Waals surface area (Å²) in [6.07, 6.45) is 0.798. The third kappa shape index (κ3) is 1.57. The van der Waals surface area contributed by atoms with Crippen molar-refractivity contribution in [1.29, 1.82) is 0 Å². The Kier molecular flexibility index (Phi) is 2.26. The molecule has 0 aromatic heterocycles. The van der Waals surface area contributed by atoms with E-state index in [9.17, 15) is 4.79 Å². The summed E-state index contributed by atoms with van der Waals surface area (Å²) in [7, 11) is 0. The van der Waals surface area contributed by atoms with Gasteiger partial charge in [-0.05, 0) is 24.8 Å². The van der Waals surface area contributed by atoms with Crippen molar-refractivity contribution in [3.05, 3.63) is 35.4 Å². The number of hydrogen-bond donors (Lipinski definition) is 1. The van der Waals surface area contributed by atoms with Crippen LogP contribution in [-0.4, -0.2) is 24.3 Å². The molecule has 90 valence electrons. The van der Waals surface area contributed by atoms with E-state index in [0.29, 0.717) is 13.2 Å². The minimum Gasteiger partial charge on any atom is -0.481 e. The van der Waals surface area contributed by atoms with Crippen molar-refractivity contribution < 1.29 is 14.6 Å². The van der Waals surface area contributed by atoms with Gasteiger partial charge in [-0.1, -0.05) is 29.8 Å². The molecule has 0 bridgehead atoms. The summed E-state index contributed by atoms with van der Waals surface area (Å²) in [5.41, 5.74) is 2.44. The van der Waals surface area contributed by atoms with Gasteiger partial charge in [0, 0.05) is 5.41 Å². The molecule has 3 heteroatoms. The summed E-state index contributed by atoms with van der Waals surface area (Å²) in [6.45, 7) is 3.41. The fourth-order valence-corrected chi connectivity index (χ4v) is 2.95. The SMILES string of the molecule is Cc1cccc(C2(C3CC3C(=O)O)COC2)c1. The third-order valence-corrected chi connectivity index (χ3v) is 4.13. The molecule has 0 spiro atoms. The van der Waals surface area contributed by atoms with Gasteiger partial charge in [0.15, 0.2) is 0 Å². The van der Waals surface area contributed by atoms with Gasteiger partial charge in [0.1, 0.15) is 0 Å². The molecule has 2 atom stereocenters. The Balaban J connectivity index is 1.91. The molecule has 1 aliphatic carbocycles. The Morgan fingerprint density at radius 1 is 1.47 bits per heavy atom. The topological polar surface area (TPSA) is 46.5 Å². The molecule has 1 aromatic rings. The lowest BCUT2D eigenvalue weighted by atomic mass is 9.73. The average Bonchev–Trinajstić information content (AvgIpc) is 2.96. The molecule has 1 N–H and O–H groups in total. The van der Waals surface area contributed by atoms with Crippen LogP contribution in [0.15, 0.2) is 24.3 Å². The number of aliphatic carboxylic acids is 1. The minimum atomic E-state index is -0.658. The first-order chi connectivity index (χ1) is 8.13. The number of aryl methyl sites for hydroxylation is 1. The van der Waals surface area contributed by atoms with Crippen molar-refractivity contribution in [2.75, 3.05) is 13.2 Å². The maximum absolute atomic E-state index is 11.0. The van der Waals surface area contributed by atoms with E-state index in [0.717, 1.165) is 6.42 Å². The standard InChI is InChI=1S/C14H16O3/c1-9-3-2-4-10(5-9)14(7-17-8-14)12-6-11(12)13(15)16/h2-5,11-12H,6-8H2,1H3,(H,15,16). The van der Waals surface area contributed by atoms with E-state index in [1.807, 2.05) is 6.07 Å². The molecule has 1 aromatic carbocycles. The molecule has 1 heterocycles. The van der Waals surface area contributed by atoms with Crippen LogP contribution in [0.25, 0.3) is 0 Å². The molecular weight excluding hydrogens is 216 g/mol. The first-order valence-corrected chi connectivity index (χ1v) is 6.01. The van der Waals surface area contributed by atoms with Crippen LogP contribution in [0.5, 0.6) is 0 Å². The van der Waals surface area contributed by atoms with Crippen LogP contribution in [-0.2, 0) is 14.9 Å². The highest BCUT2D eigenvalue weighted by atomic mass is 16.5. The van der Waals surface area contributed by atoms with Gasteiger partial charge in [0.2, 0.25) is 0 Å². The van der Waals surface area contributed by atoms with Gasteiger partial charge in [0.25, 0.3) is 0 Å². The molecule has 1 saturated carbocycles. The Bertz CT molecular complexity index is 462. The highest BCUT2D eigenvalue weighted by molar-refractivity contribution is 5.74. The predicted octanol–water partition coefficient (Wildman–Crippen LogP) is 1.98. The Labute approximate surface area is 100 Å². The van der Waals surface area contributed by atoms with Crippen molar-refractivity contribution >= 4 is 5.97 Å². The average molecular weight is 232 g/mol. The quantitative estimate of drug-likeness (QED) is 0.866. The summed E-state index contributed by atoms with van der Waals surface area (Å²) in [6, 6.07) is 8.38. The monoisotopic (exact) mass is 232 g/mol. The number of benzene rings is 1. The van der Waals surface area contributed by atoms with E-state index < -0.39 is 5.97 Å². The van der Waals surface area contributed by atoms with Gasteiger partial charge in [-0.3, -0.25) is 4.79 Å². The summed E-state index contributed by atoms with van der Waals surface area (Å²) < 4.78 is 5.37. The van der Waals surface area contributed by atoms with Crippen LogP contribution < -0.4 is 0 Å². The summed E-state index contributed by atoms with van der Waals surface area (Å²) >= 11 is 0. The maximum atomic E-state index is 11.0. The Hall–Kier alpha value is -1.35. The van der Waals surface area contributed by atoms with Gasteiger partial charge in [-0.2, -0.15) is 0 Å². The fraction of sp³-hybridized carbons (Fsp3) is 0.500. The predicted molar refractivity (Wildman–Crippen MR) is 62.9 cm³/mol. The first-order valence-electron chi connectivity index (χ1n) is 6.01. The largest absolute Gasteiger partial charge is 0.481 e. The number of rotatable bonds is 3. The molecule has 17 heavy (non-hydrogen) atoms. The van der Waals surface area contributed by atoms with E-state index in [1.54, 1.807) is 0 Å². The zero-order chi connectivity index (χ0) is 12.0. The smallest absolute Gasteiger partial charge is 0.306 e. The van der Waals surface area contributed by atoms with E-state index in [2.05, 4.69) is 25.1 Å². The molecule has 0 amide bonds. The second-order valence-electron chi connectivity index (χ2n) is 5.31. The zero-order valence-electron chi connectivity index (χ0n) is 9.85. The first kappa shape index (κ1) is 10.8. The highest BCUT2D eigenvalue weighted by Crippen LogP contribution is 2.55. The van der Waals surface area contributed by atoms with E-state index >= 15 is 0 Å². The van der Waals surface area contributed by atoms with Crippen molar-refractivity contribution in [3.8, 4) is 0 Å². The molecule has 3 rings (SSSR count). The maximum Gasteiger partial charge on any atom is 0.306 e. The fourth-order valence-electron chi connectivity index (χ4n) is 2.95. The summed E-state index contributed by atoms with van der Waals surface area (Å²) in [4.78, 5) is 11.0. The van der Waals surface area contributed by atoms with Crippen molar-refractivity contribution in [2.24, 2.45) is 11.8 Å². The molecule has 2 fully saturated rings. The minimum absolute atomic E-state index is 0.0327. The lowest BCUT2D eigenvalue weighted by molar-refractivity contribution is -0.140. The van der Waals surface area contributed by atoms with Crippen molar-refractivity contribution in [1.82, 2.24) is 0 Å². The van der Waals surface area contributed by atoms with Crippen LogP contribution in [0, 0.1) is 18.8 Å². The van der Waals surface area contributed by atoms with Gasteiger partial charge >= 0.3 is 5.97 Å². The number of ether oxygens (including phenoxy) is 1. The zero-order valence-corrected chi connectivity index (χ0v) is 9.85. The molecule has 1 saturated heterocycles. The normalized spacial score (nSPS) is 29.5. The molecule has 2 unspecified atom stereocenters. The van der Waals surface area contributed by atoms with Crippen LogP contribution in [0.4, 0.5) is 0 Å². The summed E-state index contributed by atoms with van der Waals surface area (Å²) in [5.74, 6) is -0.566. The number of hydrogen-bond acceptors (Lipinski definition) is 2. The van der Waals surface area contributed by atoms with E-state index in [4.69, 9.17) is 9.84 Å². The van der Waals surface area contributed by atoms with Crippen LogP contribution in [0.2, 0.25) is 0 Å². The molecule has 0 radical (unpaired) electrons. The van der Waals surface area contributed by atoms with Gasteiger partial charge in [-0.15, -0.1) is 0 Å². The third-order valence-electron chi connectivity index (χ3n) is 4.13. The highest BCUT2D eigenvalue weighted by Gasteiger charge is 2.60. The summed E-state index contributed by atoms with van der Waals surface area (Å²) in [5, 5.41) is 9.07. The molecule has 2 aliphatic rings. The molecule has 1 aliphatic heterocycles. The second-order valence-corrected chi connectivity index (χ2v) is 5.31. The van der Waals surface area contributed by atoms with Crippen LogP contribution >= 0.6 is 0 Å². The lowest BCUT2D eigenvalue weighted by Crippen LogP contribution is -2.49. The Morgan fingerprint density at radius 2 is 2.24 bits per heavy atom. The number of carboxylic acid groups (broad SMARTS) is 1. The van der Waals surface area contributed by atoms with E-state index in [1.165, 1.54) is 11.1 Å². The second kappa shape index (κ2) is 3.57. The van der Waals surface area contributed by atoms with E-state index in [-0.39, 0.29) is 17.3 Å². The van der Waals surface area contributed by atoms with Gasteiger partial charge in [-0.25, -0.2) is 0 Å². The molecule has 3 nitrogen and oxygen atoms in total. The molecular formula is C14H16O3. The lowest BCUT2D eigenvalue weighted by Gasteiger charge is -2.43. The number of carbonyl (C=O) groups is 1. The van der Waals surface area contributed by atoms with Crippen molar-refractivity contribution in [3.63, 3.8) is 0 Å². The van der Waals surface area contributed by atoms with Gasteiger partial charge in [0.05, 0.1) is 19.1 Å². The van der Waals surface area contributed by atoms with Gasteiger partial charge < -0.3 is 9.84 Å². The van der Waals surface area contributed by atoms with Crippen molar-refractivity contribution in [2.45, 2.75) is 18.8 Å². The number of carboxylic acids is 1. The Morgan fingerprint density at radius 3 is 2.71 bits per heavy atom. The van der Waals surface area contributed by atoms with Crippen LogP contribution in [0.1, 0.15) is 17.5 Å².